The highest BCUT2D eigenvalue weighted by Gasteiger charge is 2.43. The van der Waals surface area contributed by atoms with Crippen molar-refractivity contribution in [1.29, 1.82) is 0 Å². The van der Waals surface area contributed by atoms with E-state index < -0.39 is 12.1 Å². The lowest BCUT2D eigenvalue weighted by molar-refractivity contribution is -0.187. The van der Waals surface area contributed by atoms with Crippen molar-refractivity contribution < 1.29 is 18.0 Å². The van der Waals surface area contributed by atoms with Gasteiger partial charge in [-0.2, -0.15) is 13.2 Å². The maximum Gasteiger partial charge on any atom is 0.471 e. The van der Waals surface area contributed by atoms with Gasteiger partial charge >= 0.3 is 12.1 Å². The number of rotatable bonds is 3. The molecular weight excluding hydrogens is 405 g/mol. The second-order valence-corrected chi connectivity index (χ2v) is 7.35. The molecular formula is C20H18ClF3N4O. The molecule has 0 aliphatic carbocycles. The maximum absolute atomic E-state index is 12.7. The van der Waals surface area contributed by atoms with Crippen molar-refractivity contribution in [1.82, 2.24) is 19.2 Å². The zero-order chi connectivity index (χ0) is 20.6. The van der Waals surface area contributed by atoms with Crippen molar-refractivity contribution in [2.75, 3.05) is 26.2 Å². The van der Waals surface area contributed by atoms with Crippen LogP contribution >= 0.6 is 11.6 Å². The molecule has 0 atom stereocenters. The van der Waals surface area contributed by atoms with Gasteiger partial charge in [-0.15, -0.1) is 0 Å². The summed E-state index contributed by atoms with van der Waals surface area (Å²) in [5.41, 5.74) is 3.46. The molecule has 9 heteroatoms. The first kappa shape index (κ1) is 19.7. The van der Waals surface area contributed by atoms with Crippen LogP contribution in [0.25, 0.3) is 16.9 Å². The molecule has 0 radical (unpaired) electrons. The minimum atomic E-state index is -4.83. The van der Waals surface area contributed by atoms with Crippen LogP contribution in [0.15, 0.2) is 48.7 Å². The van der Waals surface area contributed by atoms with Gasteiger partial charge in [0.25, 0.3) is 0 Å². The van der Waals surface area contributed by atoms with Crippen LogP contribution in [0, 0.1) is 0 Å². The molecule has 0 bridgehead atoms. The van der Waals surface area contributed by atoms with Gasteiger partial charge in [0.05, 0.1) is 11.4 Å². The Morgan fingerprint density at radius 3 is 2.38 bits per heavy atom. The summed E-state index contributed by atoms with van der Waals surface area (Å²) >= 11 is 6.00. The normalized spacial score (nSPS) is 15.8. The standard InChI is InChI=1S/C20H18ClF3N4O/c21-15-6-4-14(5-7-15)18-16(28-8-2-1-3-17(28)25-18)13-26-9-11-27(12-10-26)19(29)20(22,23)24/h1-8H,9-13H2. The molecule has 1 aromatic carbocycles. The Balaban J connectivity index is 1.58. The second kappa shape index (κ2) is 7.68. The molecule has 29 heavy (non-hydrogen) atoms. The number of halogens is 4. The van der Waals surface area contributed by atoms with Crippen LogP contribution in [-0.2, 0) is 11.3 Å². The zero-order valence-corrected chi connectivity index (χ0v) is 16.1. The van der Waals surface area contributed by atoms with E-state index in [1.807, 2.05) is 45.8 Å². The Labute approximate surface area is 170 Å². The van der Waals surface area contributed by atoms with Gasteiger partial charge in [0, 0.05) is 49.5 Å². The van der Waals surface area contributed by atoms with E-state index in [1.54, 1.807) is 12.1 Å². The Kier molecular flexibility index (Phi) is 5.23. The Morgan fingerprint density at radius 1 is 1.03 bits per heavy atom. The molecule has 3 heterocycles. The monoisotopic (exact) mass is 422 g/mol. The predicted molar refractivity (Wildman–Crippen MR) is 104 cm³/mol. The van der Waals surface area contributed by atoms with Gasteiger partial charge in [-0.05, 0) is 24.3 Å². The first-order chi connectivity index (χ1) is 13.8. The Hall–Kier alpha value is -2.58. The van der Waals surface area contributed by atoms with Gasteiger partial charge in [-0.3, -0.25) is 9.69 Å². The number of benzene rings is 1. The second-order valence-electron chi connectivity index (χ2n) is 6.91. The number of fused-ring (bicyclic) bond motifs is 1. The smallest absolute Gasteiger partial charge is 0.332 e. The fourth-order valence-electron chi connectivity index (χ4n) is 3.54. The molecule has 0 N–H and O–H groups in total. The largest absolute Gasteiger partial charge is 0.471 e. The van der Waals surface area contributed by atoms with Crippen LogP contribution < -0.4 is 0 Å². The van der Waals surface area contributed by atoms with E-state index in [0.29, 0.717) is 24.7 Å². The number of carbonyl (C=O) groups is 1. The van der Waals surface area contributed by atoms with E-state index in [1.165, 1.54) is 0 Å². The van der Waals surface area contributed by atoms with E-state index >= 15 is 0 Å². The van der Waals surface area contributed by atoms with Crippen molar-refractivity contribution in [3.05, 3.63) is 59.4 Å². The van der Waals surface area contributed by atoms with Crippen molar-refractivity contribution >= 4 is 23.2 Å². The van der Waals surface area contributed by atoms with E-state index in [-0.39, 0.29) is 13.1 Å². The molecule has 5 nitrogen and oxygen atoms in total. The molecule has 2 aromatic heterocycles. The number of alkyl halides is 3. The van der Waals surface area contributed by atoms with E-state index in [9.17, 15) is 18.0 Å². The summed E-state index contributed by atoms with van der Waals surface area (Å²) in [6.07, 6.45) is -2.91. The molecule has 152 valence electrons. The van der Waals surface area contributed by atoms with Crippen LogP contribution in [0.1, 0.15) is 5.69 Å². The number of amides is 1. The Morgan fingerprint density at radius 2 is 1.72 bits per heavy atom. The third kappa shape index (κ3) is 4.09. The molecule has 0 spiro atoms. The molecule has 1 fully saturated rings. The van der Waals surface area contributed by atoms with Crippen molar-refractivity contribution in [3.63, 3.8) is 0 Å². The summed E-state index contributed by atoms with van der Waals surface area (Å²) in [6.45, 7) is 1.33. The molecule has 0 unspecified atom stereocenters. The van der Waals surface area contributed by atoms with Crippen LogP contribution in [0.4, 0.5) is 13.2 Å². The fraction of sp³-hybridized carbons (Fsp3) is 0.300. The number of piperazine rings is 1. The summed E-state index contributed by atoms with van der Waals surface area (Å²) in [5.74, 6) is -1.77. The Bertz CT molecular complexity index is 1020. The van der Waals surface area contributed by atoms with Crippen LogP contribution in [0.5, 0.6) is 0 Å². The molecule has 0 saturated carbocycles. The molecule has 1 aliphatic heterocycles. The highest BCUT2D eigenvalue weighted by molar-refractivity contribution is 6.30. The highest BCUT2D eigenvalue weighted by atomic mass is 35.5. The fourth-order valence-corrected chi connectivity index (χ4v) is 3.66. The molecule has 1 amide bonds. The molecule has 4 rings (SSSR count). The van der Waals surface area contributed by atoms with E-state index in [4.69, 9.17) is 16.6 Å². The molecule has 1 aliphatic rings. The minimum absolute atomic E-state index is 0.0470. The molecule has 1 saturated heterocycles. The minimum Gasteiger partial charge on any atom is -0.332 e. The van der Waals surface area contributed by atoms with Gasteiger partial charge in [-0.1, -0.05) is 29.8 Å². The van der Waals surface area contributed by atoms with Gasteiger partial charge in [-0.25, -0.2) is 4.98 Å². The number of aromatic nitrogens is 2. The summed E-state index contributed by atoms with van der Waals surface area (Å²) in [5, 5.41) is 0.629. The van der Waals surface area contributed by atoms with Crippen LogP contribution in [-0.4, -0.2) is 57.4 Å². The van der Waals surface area contributed by atoms with Gasteiger partial charge in [0.1, 0.15) is 5.65 Å². The topological polar surface area (TPSA) is 40.9 Å². The summed E-state index contributed by atoms with van der Waals surface area (Å²) in [7, 11) is 0. The first-order valence-corrected chi connectivity index (χ1v) is 9.51. The third-order valence-electron chi connectivity index (χ3n) is 5.02. The van der Waals surface area contributed by atoms with Crippen molar-refractivity contribution in [2.24, 2.45) is 0 Å². The zero-order valence-electron chi connectivity index (χ0n) is 15.4. The van der Waals surface area contributed by atoms with E-state index in [2.05, 4.69) is 0 Å². The number of carbonyl (C=O) groups excluding carboxylic acids is 1. The quantitative estimate of drug-likeness (QED) is 0.643. The van der Waals surface area contributed by atoms with Gasteiger partial charge in [0.15, 0.2) is 0 Å². The summed E-state index contributed by atoms with van der Waals surface area (Å²) in [4.78, 5) is 19.1. The van der Waals surface area contributed by atoms with E-state index in [0.717, 1.165) is 27.5 Å². The van der Waals surface area contributed by atoms with Crippen molar-refractivity contribution in [3.8, 4) is 11.3 Å². The lowest BCUT2D eigenvalue weighted by atomic mass is 10.1. The summed E-state index contributed by atoms with van der Waals surface area (Å²) in [6, 6.07) is 13.1. The average molecular weight is 423 g/mol. The number of imidazole rings is 1. The number of pyridine rings is 1. The highest BCUT2D eigenvalue weighted by Crippen LogP contribution is 2.27. The first-order valence-electron chi connectivity index (χ1n) is 9.13. The van der Waals surface area contributed by atoms with Gasteiger partial charge < -0.3 is 9.30 Å². The van der Waals surface area contributed by atoms with Gasteiger partial charge in [0.2, 0.25) is 0 Å². The number of nitrogens with zero attached hydrogens (tertiary/aromatic N) is 4. The SMILES string of the molecule is O=C(N1CCN(Cc2c(-c3ccc(Cl)cc3)nc3ccccn23)CC1)C(F)(F)F. The molecule has 3 aromatic rings. The lowest BCUT2D eigenvalue weighted by Crippen LogP contribution is -2.52. The third-order valence-corrected chi connectivity index (χ3v) is 5.27. The number of hydrogen-bond acceptors (Lipinski definition) is 3. The maximum atomic E-state index is 12.7. The predicted octanol–water partition coefficient (Wildman–Crippen LogP) is 3.86. The average Bonchev–Trinajstić information content (AvgIpc) is 3.06. The van der Waals surface area contributed by atoms with Crippen LogP contribution in [0.3, 0.4) is 0 Å². The summed E-state index contributed by atoms with van der Waals surface area (Å²) < 4.78 is 39.9. The van der Waals surface area contributed by atoms with Crippen LogP contribution in [0.2, 0.25) is 5.02 Å². The number of hydrogen-bond donors (Lipinski definition) is 0. The lowest BCUT2D eigenvalue weighted by Gasteiger charge is -2.35. The van der Waals surface area contributed by atoms with Crippen molar-refractivity contribution in [2.45, 2.75) is 12.7 Å².